The molecule has 7 nitrogen and oxygen atoms in total. The van der Waals surface area contributed by atoms with Gasteiger partial charge in [-0.2, -0.15) is 4.31 Å². The standard InChI is InChI=1S/C18H21ClN2O5S/c1-12-9-13(19)5-7-15(12)20-18(22)11-21(2)27(23,24)14-6-8-16(25-3)17(10-14)26-4/h5-10H,11H2,1-4H3,(H,20,22). The molecule has 0 aliphatic carbocycles. The minimum absolute atomic E-state index is 0.00174. The first-order valence-electron chi connectivity index (χ1n) is 7.93. The molecule has 0 saturated heterocycles. The minimum Gasteiger partial charge on any atom is -0.493 e. The van der Waals surface area contributed by atoms with Gasteiger partial charge in [-0.15, -0.1) is 0 Å². The number of nitrogens with zero attached hydrogens (tertiary/aromatic N) is 1. The van der Waals surface area contributed by atoms with E-state index >= 15 is 0 Å². The molecule has 0 bridgehead atoms. The molecular weight excluding hydrogens is 392 g/mol. The smallest absolute Gasteiger partial charge is 0.243 e. The predicted molar refractivity (Wildman–Crippen MR) is 104 cm³/mol. The molecule has 0 atom stereocenters. The third kappa shape index (κ3) is 4.91. The monoisotopic (exact) mass is 412 g/mol. The zero-order valence-electron chi connectivity index (χ0n) is 15.4. The summed E-state index contributed by atoms with van der Waals surface area (Å²) in [6.07, 6.45) is 0. The van der Waals surface area contributed by atoms with Crippen molar-refractivity contribution in [1.82, 2.24) is 4.31 Å². The normalized spacial score (nSPS) is 11.3. The van der Waals surface area contributed by atoms with Crippen LogP contribution in [-0.2, 0) is 14.8 Å². The van der Waals surface area contributed by atoms with Gasteiger partial charge in [0.1, 0.15) is 0 Å². The number of likely N-dealkylation sites (N-methyl/N-ethyl adjacent to an activating group) is 1. The van der Waals surface area contributed by atoms with E-state index in [0.29, 0.717) is 16.5 Å². The molecule has 0 heterocycles. The Kier molecular flexibility index (Phi) is 6.69. The highest BCUT2D eigenvalue weighted by atomic mass is 35.5. The molecular formula is C18H21ClN2O5S. The number of hydrogen-bond acceptors (Lipinski definition) is 5. The largest absolute Gasteiger partial charge is 0.493 e. The van der Waals surface area contributed by atoms with Crippen LogP contribution in [-0.4, -0.2) is 46.4 Å². The molecule has 2 aromatic carbocycles. The molecule has 0 aliphatic rings. The number of carbonyl (C=O) groups excluding carboxylic acids is 1. The van der Waals surface area contributed by atoms with Crippen LogP contribution in [0.4, 0.5) is 5.69 Å². The number of anilines is 1. The van der Waals surface area contributed by atoms with Gasteiger partial charge in [-0.25, -0.2) is 8.42 Å². The van der Waals surface area contributed by atoms with Gasteiger partial charge in [-0.1, -0.05) is 11.6 Å². The Labute approximate surface area is 163 Å². The van der Waals surface area contributed by atoms with E-state index in [1.165, 1.54) is 39.5 Å². The van der Waals surface area contributed by atoms with E-state index in [1.54, 1.807) is 25.1 Å². The van der Waals surface area contributed by atoms with Gasteiger partial charge in [0.2, 0.25) is 15.9 Å². The fourth-order valence-corrected chi connectivity index (χ4v) is 3.77. The minimum atomic E-state index is -3.88. The Morgan fingerprint density at radius 1 is 1.11 bits per heavy atom. The molecule has 0 aliphatic heterocycles. The summed E-state index contributed by atoms with van der Waals surface area (Å²) < 4.78 is 36.7. The summed E-state index contributed by atoms with van der Waals surface area (Å²) in [5, 5.41) is 3.24. The topological polar surface area (TPSA) is 84.9 Å². The van der Waals surface area contributed by atoms with Gasteiger partial charge < -0.3 is 14.8 Å². The number of carbonyl (C=O) groups is 1. The lowest BCUT2D eigenvalue weighted by Gasteiger charge is -2.18. The molecule has 2 rings (SSSR count). The maximum absolute atomic E-state index is 12.7. The molecule has 0 fully saturated rings. The molecule has 1 N–H and O–H groups in total. The van der Waals surface area contributed by atoms with Crippen molar-refractivity contribution in [3.05, 3.63) is 47.0 Å². The molecule has 1 amide bonds. The molecule has 146 valence electrons. The fraction of sp³-hybridized carbons (Fsp3) is 0.278. The van der Waals surface area contributed by atoms with Gasteiger partial charge in [-0.3, -0.25) is 4.79 Å². The molecule has 0 radical (unpaired) electrons. The van der Waals surface area contributed by atoms with Crippen molar-refractivity contribution in [2.75, 3.05) is 33.1 Å². The van der Waals surface area contributed by atoms with Gasteiger partial charge in [0.05, 0.1) is 25.7 Å². The van der Waals surface area contributed by atoms with E-state index in [0.717, 1.165) is 9.87 Å². The molecule has 0 unspecified atom stereocenters. The maximum Gasteiger partial charge on any atom is 0.243 e. The van der Waals surface area contributed by atoms with E-state index in [-0.39, 0.29) is 17.2 Å². The summed E-state index contributed by atoms with van der Waals surface area (Å²) in [5.41, 5.74) is 1.35. The number of benzene rings is 2. The highest BCUT2D eigenvalue weighted by molar-refractivity contribution is 7.89. The van der Waals surface area contributed by atoms with E-state index in [1.807, 2.05) is 0 Å². The highest BCUT2D eigenvalue weighted by Crippen LogP contribution is 2.30. The molecule has 0 aromatic heterocycles. The Morgan fingerprint density at radius 2 is 1.78 bits per heavy atom. The lowest BCUT2D eigenvalue weighted by Crippen LogP contribution is -2.35. The van der Waals surface area contributed by atoms with Crippen LogP contribution in [0.2, 0.25) is 5.02 Å². The van der Waals surface area contributed by atoms with Gasteiger partial charge >= 0.3 is 0 Å². The molecule has 9 heteroatoms. The molecule has 0 saturated carbocycles. The van der Waals surface area contributed by atoms with Crippen LogP contribution in [0.1, 0.15) is 5.56 Å². The van der Waals surface area contributed by atoms with Crippen LogP contribution in [0, 0.1) is 6.92 Å². The van der Waals surface area contributed by atoms with E-state index in [9.17, 15) is 13.2 Å². The number of halogens is 1. The number of amides is 1. The fourth-order valence-electron chi connectivity index (χ4n) is 2.40. The summed E-state index contributed by atoms with van der Waals surface area (Å²) in [4.78, 5) is 12.3. The first-order valence-corrected chi connectivity index (χ1v) is 9.75. The number of nitrogens with one attached hydrogen (secondary N) is 1. The summed E-state index contributed by atoms with van der Waals surface area (Å²) >= 11 is 5.89. The molecule has 27 heavy (non-hydrogen) atoms. The van der Waals surface area contributed by atoms with Gasteiger partial charge in [0.25, 0.3) is 0 Å². The van der Waals surface area contributed by atoms with Gasteiger partial charge in [0.15, 0.2) is 11.5 Å². The number of methoxy groups -OCH3 is 2. The number of aryl methyl sites for hydroxylation is 1. The Balaban J connectivity index is 2.16. The van der Waals surface area contributed by atoms with Crippen molar-refractivity contribution >= 4 is 33.2 Å². The summed E-state index contributed by atoms with van der Waals surface area (Å²) in [5.74, 6) is 0.232. The van der Waals surface area contributed by atoms with Crippen molar-refractivity contribution in [2.45, 2.75) is 11.8 Å². The predicted octanol–water partition coefficient (Wildman–Crippen LogP) is 2.92. The zero-order chi connectivity index (χ0) is 20.2. The van der Waals surface area contributed by atoms with Crippen LogP contribution >= 0.6 is 11.6 Å². The maximum atomic E-state index is 12.7. The lowest BCUT2D eigenvalue weighted by atomic mass is 10.2. The number of hydrogen-bond donors (Lipinski definition) is 1. The van der Waals surface area contributed by atoms with Crippen LogP contribution in [0.5, 0.6) is 11.5 Å². The number of sulfonamides is 1. The van der Waals surface area contributed by atoms with Crippen molar-refractivity contribution in [2.24, 2.45) is 0 Å². The third-order valence-electron chi connectivity index (χ3n) is 3.89. The quantitative estimate of drug-likeness (QED) is 0.755. The van der Waals surface area contributed by atoms with E-state index < -0.39 is 15.9 Å². The van der Waals surface area contributed by atoms with Crippen LogP contribution in [0.15, 0.2) is 41.3 Å². The third-order valence-corrected chi connectivity index (χ3v) is 5.93. The first-order chi connectivity index (χ1) is 12.7. The summed E-state index contributed by atoms with van der Waals surface area (Å²) in [6, 6.07) is 9.27. The zero-order valence-corrected chi connectivity index (χ0v) is 17.0. The Morgan fingerprint density at radius 3 is 2.37 bits per heavy atom. The Bertz CT molecular complexity index is 947. The van der Waals surface area contributed by atoms with Crippen LogP contribution in [0.25, 0.3) is 0 Å². The average molecular weight is 413 g/mol. The van der Waals surface area contributed by atoms with Crippen molar-refractivity contribution < 1.29 is 22.7 Å². The lowest BCUT2D eigenvalue weighted by molar-refractivity contribution is -0.116. The molecule has 2 aromatic rings. The van der Waals surface area contributed by atoms with Crippen molar-refractivity contribution in [1.29, 1.82) is 0 Å². The first kappa shape index (κ1) is 21.0. The van der Waals surface area contributed by atoms with Crippen LogP contribution < -0.4 is 14.8 Å². The second-order valence-electron chi connectivity index (χ2n) is 5.79. The van der Waals surface area contributed by atoms with Crippen molar-refractivity contribution in [3.8, 4) is 11.5 Å². The highest BCUT2D eigenvalue weighted by Gasteiger charge is 2.24. The van der Waals surface area contributed by atoms with Gasteiger partial charge in [-0.05, 0) is 42.8 Å². The van der Waals surface area contributed by atoms with Crippen LogP contribution in [0.3, 0.4) is 0 Å². The second kappa shape index (κ2) is 8.60. The van der Waals surface area contributed by atoms with Crippen molar-refractivity contribution in [3.63, 3.8) is 0 Å². The van der Waals surface area contributed by atoms with E-state index in [4.69, 9.17) is 21.1 Å². The second-order valence-corrected chi connectivity index (χ2v) is 8.27. The number of rotatable bonds is 7. The summed E-state index contributed by atoms with van der Waals surface area (Å²) in [7, 11) is 0.325. The number of ether oxygens (including phenoxy) is 2. The SMILES string of the molecule is COc1ccc(S(=O)(=O)N(C)CC(=O)Nc2ccc(Cl)cc2C)cc1OC. The average Bonchev–Trinajstić information content (AvgIpc) is 2.63. The summed E-state index contributed by atoms with van der Waals surface area (Å²) in [6.45, 7) is 1.45. The van der Waals surface area contributed by atoms with Gasteiger partial charge in [0, 0.05) is 23.8 Å². The Hall–Kier alpha value is -2.29. The van der Waals surface area contributed by atoms with E-state index in [2.05, 4.69) is 5.32 Å². The molecule has 0 spiro atoms.